The fourth-order valence-electron chi connectivity index (χ4n) is 1.82. The summed E-state index contributed by atoms with van der Waals surface area (Å²) in [5, 5.41) is 3.39. The SMILES string of the molecule is CCCCCC(C)Nc1cccc(C(N)=O)c1. The van der Waals surface area contributed by atoms with Crippen LogP contribution in [0, 0.1) is 0 Å². The molecule has 94 valence electrons. The van der Waals surface area contributed by atoms with Crippen molar-refractivity contribution in [3.8, 4) is 0 Å². The van der Waals surface area contributed by atoms with E-state index in [-0.39, 0.29) is 5.91 Å². The minimum absolute atomic E-state index is 0.382. The maximum Gasteiger partial charge on any atom is 0.248 e. The summed E-state index contributed by atoms with van der Waals surface area (Å²) in [4.78, 5) is 11.0. The van der Waals surface area contributed by atoms with Crippen LogP contribution in [-0.2, 0) is 0 Å². The molecule has 3 nitrogen and oxygen atoms in total. The predicted molar refractivity (Wildman–Crippen MR) is 72.2 cm³/mol. The van der Waals surface area contributed by atoms with Crippen molar-refractivity contribution in [1.82, 2.24) is 0 Å². The second-order valence-corrected chi connectivity index (χ2v) is 4.49. The normalized spacial score (nSPS) is 12.1. The lowest BCUT2D eigenvalue weighted by Gasteiger charge is -2.15. The molecule has 0 saturated heterocycles. The lowest BCUT2D eigenvalue weighted by atomic mass is 10.1. The van der Waals surface area contributed by atoms with Crippen molar-refractivity contribution in [3.05, 3.63) is 29.8 Å². The minimum atomic E-state index is -0.382. The molecule has 0 fully saturated rings. The summed E-state index contributed by atoms with van der Waals surface area (Å²) >= 11 is 0. The second-order valence-electron chi connectivity index (χ2n) is 4.49. The number of primary amides is 1. The Morgan fingerprint density at radius 2 is 2.18 bits per heavy atom. The van der Waals surface area contributed by atoms with Crippen LogP contribution in [0.4, 0.5) is 5.69 Å². The Bertz CT molecular complexity index is 363. The monoisotopic (exact) mass is 234 g/mol. The van der Waals surface area contributed by atoms with Crippen LogP contribution in [0.2, 0.25) is 0 Å². The summed E-state index contributed by atoms with van der Waals surface area (Å²) in [5.41, 5.74) is 6.76. The largest absolute Gasteiger partial charge is 0.383 e. The van der Waals surface area contributed by atoms with Gasteiger partial charge in [-0.05, 0) is 31.5 Å². The van der Waals surface area contributed by atoms with Gasteiger partial charge < -0.3 is 11.1 Å². The molecule has 0 radical (unpaired) electrons. The molecule has 3 heteroatoms. The van der Waals surface area contributed by atoms with Gasteiger partial charge in [0.15, 0.2) is 0 Å². The zero-order valence-corrected chi connectivity index (χ0v) is 10.7. The molecule has 1 aromatic rings. The molecule has 0 aliphatic rings. The number of unbranched alkanes of at least 4 members (excludes halogenated alkanes) is 2. The van der Waals surface area contributed by atoms with Gasteiger partial charge in [0.2, 0.25) is 5.91 Å². The number of nitrogens with two attached hydrogens (primary N) is 1. The second kappa shape index (κ2) is 6.94. The van der Waals surface area contributed by atoms with E-state index >= 15 is 0 Å². The van der Waals surface area contributed by atoms with Crippen LogP contribution in [0.5, 0.6) is 0 Å². The highest BCUT2D eigenvalue weighted by Crippen LogP contribution is 2.13. The van der Waals surface area contributed by atoms with E-state index in [1.165, 1.54) is 19.3 Å². The van der Waals surface area contributed by atoms with Crippen LogP contribution in [0.1, 0.15) is 49.9 Å². The number of rotatable bonds is 7. The molecule has 0 aliphatic carbocycles. The van der Waals surface area contributed by atoms with Crippen molar-refractivity contribution in [2.24, 2.45) is 5.73 Å². The van der Waals surface area contributed by atoms with Gasteiger partial charge in [-0.2, -0.15) is 0 Å². The topological polar surface area (TPSA) is 55.1 Å². The number of amides is 1. The van der Waals surface area contributed by atoms with Crippen LogP contribution < -0.4 is 11.1 Å². The highest BCUT2D eigenvalue weighted by Gasteiger charge is 2.04. The van der Waals surface area contributed by atoms with Gasteiger partial charge in [0.1, 0.15) is 0 Å². The molecular formula is C14H22N2O. The molecule has 0 aliphatic heterocycles. The highest BCUT2D eigenvalue weighted by atomic mass is 16.1. The van der Waals surface area contributed by atoms with Gasteiger partial charge >= 0.3 is 0 Å². The lowest BCUT2D eigenvalue weighted by Crippen LogP contribution is -2.16. The number of benzene rings is 1. The van der Waals surface area contributed by atoms with Crippen LogP contribution in [-0.4, -0.2) is 11.9 Å². The van der Waals surface area contributed by atoms with E-state index in [1.54, 1.807) is 12.1 Å². The van der Waals surface area contributed by atoms with E-state index < -0.39 is 0 Å². The Morgan fingerprint density at radius 1 is 1.41 bits per heavy atom. The molecule has 1 atom stereocenters. The van der Waals surface area contributed by atoms with E-state index in [0.717, 1.165) is 12.1 Å². The molecule has 0 aromatic heterocycles. The molecular weight excluding hydrogens is 212 g/mol. The van der Waals surface area contributed by atoms with Gasteiger partial charge in [-0.1, -0.05) is 32.3 Å². The van der Waals surface area contributed by atoms with E-state index in [4.69, 9.17) is 5.73 Å². The van der Waals surface area contributed by atoms with Gasteiger partial charge in [0, 0.05) is 17.3 Å². The number of hydrogen-bond acceptors (Lipinski definition) is 2. The smallest absolute Gasteiger partial charge is 0.248 e. The Hall–Kier alpha value is -1.51. The van der Waals surface area contributed by atoms with Crippen LogP contribution in [0.3, 0.4) is 0 Å². The van der Waals surface area contributed by atoms with Gasteiger partial charge in [-0.3, -0.25) is 4.79 Å². The number of carbonyl (C=O) groups is 1. The van der Waals surface area contributed by atoms with Crippen molar-refractivity contribution in [2.75, 3.05) is 5.32 Å². The molecule has 0 saturated carbocycles. The third-order valence-corrected chi connectivity index (χ3v) is 2.80. The zero-order valence-electron chi connectivity index (χ0n) is 10.7. The van der Waals surface area contributed by atoms with Crippen molar-refractivity contribution in [1.29, 1.82) is 0 Å². The van der Waals surface area contributed by atoms with E-state index in [2.05, 4.69) is 19.2 Å². The maximum absolute atomic E-state index is 11.0. The number of nitrogens with one attached hydrogen (secondary N) is 1. The van der Waals surface area contributed by atoms with Crippen LogP contribution >= 0.6 is 0 Å². The van der Waals surface area contributed by atoms with Gasteiger partial charge in [0.25, 0.3) is 0 Å². The van der Waals surface area contributed by atoms with E-state index in [9.17, 15) is 4.79 Å². The number of hydrogen-bond donors (Lipinski definition) is 2. The summed E-state index contributed by atoms with van der Waals surface area (Å²) in [6.45, 7) is 4.36. The summed E-state index contributed by atoms with van der Waals surface area (Å²) in [7, 11) is 0. The zero-order chi connectivity index (χ0) is 12.7. The number of anilines is 1. The fourth-order valence-corrected chi connectivity index (χ4v) is 1.82. The van der Waals surface area contributed by atoms with E-state index in [1.807, 2.05) is 12.1 Å². The first kappa shape index (κ1) is 13.6. The van der Waals surface area contributed by atoms with E-state index in [0.29, 0.717) is 11.6 Å². The van der Waals surface area contributed by atoms with Crippen LogP contribution in [0.15, 0.2) is 24.3 Å². The summed E-state index contributed by atoms with van der Waals surface area (Å²) in [6.07, 6.45) is 4.89. The summed E-state index contributed by atoms with van der Waals surface area (Å²) < 4.78 is 0. The third-order valence-electron chi connectivity index (χ3n) is 2.80. The quantitative estimate of drug-likeness (QED) is 0.712. The Kier molecular flexibility index (Phi) is 5.53. The standard InChI is InChI=1S/C14H22N2O/c1-3-4-5-7-11(2)16-13-9-6-8-12(10-13)14(15)17/h6,8-11,16H,3-5,7H2,1-2H3,(H2,15,17). The van der Waals surface area contributed by atoms with Crippen molar-refractivity contribution in [3.63, 3.8) is 0 Å². The summed E-state index contributed by atoms with van der Waals surface area (Å²) in [6, 6.07) is 7.77. The maximum atomic E-state index is 11.0. The molecule has 1 aromatic carbocycles. The lowest BCUT2D eigenvalue weighted by molar-refractivity contribution is 0.100. The molecule has 1 amide bonds. The van der Waals surface area contributed by atoms with Crippen molar-refractivity contribution in [2.45, 2.75) is 45.6 Å². The first-order chi connectivity index (χ1) is 8.13. The summed E-state index contributed by atoms with van der Waals surface area (Å²) in [5.74, 6) is -0.382. The molecule has 17 heavy (non-hydrogen) atoms. The molecule has 0 heterocycles. The Balaban J connectivity index is 2.50. The molecule has 1 unspecified atom stereocenters. The number of carbonyl (C=O) groups excluding carboxylic acids is 1. The van der Waals surface area contributed by atoms with Crippen LogP contribution in [0.25, 0.3) is 0 Å². The third kappa shape index (κ3) is 4.89. The van der Waals surface area contributed by atoms with Crippen molar-refractivity contribution < 1.29 is 4.79 Å². The van der Waals surface area contributed by atoms with Gasteiger partial charge in [-0.25, -0.2) is 0 Å². The first-order valence-electron chi connectivity index (χ1n) is 6.30. The average molecular weight is 234 g/mol. The van der Waals surface area contributed by atoms with Gasteiger partial charge in [0.05, 0.1) is 0 Å². The average Bonchev–Trinajstić information content (AvgIpc) is 2.29. The first-order valence-corrected chi connectivity index (χ1v) is 6.30. The highest BCUT2D eigenvalue weighted by molar-refractivity contribution is 5.93. The fraction of sp³-hybridized carbons (Fsp3) is 0.500. The molecule has 1 rings (SSSR count). The molecule has 3 N–H and O–H groups in total. The molecule has 0 bridgehead atoms. The van der Waals surface area contributed by atoms with Crippen molar-refractivity contribution >= 4 is 11.6 Å². The Morgan fingerprint density at radius 3 is 2.82 bits per heavy atom. The Labute approximate surface area is 103 Å². The van der Waals surface area contributed by atoms with Gasteiger partial charge in [-0.15, -0.1) is 0 Å². The predicted octanol–water partition coefficient (Wildman–Crippen LogP) is 3.17. The minimum Gasteiger partial charge on any atom is -0.383 e. The molecule has 0 spiro atoms.